The molecule has 2 atom stereocenters. The third kappa shape index (κ3) is 3.41. The molecule has 0 aromatic carbocycles. The van der Waals surface area contributed by atoms with Gasteiger partial charge in [-0.25, -0.2) is 4.79 Å². The van der Waals surface area contributed by atoms with Gasteiger partial charge in [0.2, 0.25) is 5.91 Å². The monoisotopic (exact) mass is 161 g/mol. The Labute approximate surface area is 63.7 Å². The Morgan fingerprint density at radius 1 is 1.36 bits per heavy atom. The average molecular weight is 161 g/mol. The summed E-state index contributed by atoms with van der Waals surface area (Å²) in [4.78, 5) is 20.5. The maximum Gasteiger partial charge on any atom is 0.404 e. The molecular weight excluding hydrogens is 150 g/mol. The van der Waals surface area contributed by atoms with E-state index in [4.69, 9.17) is 11.5 Å². The molecule has 6 N–H and O–H groups in total. The van der Waals surface area contributed by atoms with Crippen LogP contribution in [0.5, 0.6) is 0 Å². The Morgan fingerprint density at radius 3 is 2.09 bits per heavy atom. The summed E-state index contributed by atoms with van der Waals surface area (Å²) in [7, 11) is 0. The number of ether oxygens (including phenoxy) is 1. The zero-order chi connectivity index (χ0) is 9.02. The second kappa shape index (κ2) is 3.77. The molecule has 0 rings (SSSR count). The Hall–Kier alpha value is -1.30. The average Bonchev–Trinajstić information content (AvgIpc) is 1.84. The van der Waals surface area contributed by atoms with Crippen LogP contribution in [0.25, 0.3) is 0 Å². The molecule has 0 spiro atoms. The summed E-state index contributed by atoms with van der Waals surface area (Å²) in [6, 6.07) is -1.01. The van der Waals surface area contributed by atoms with Crippen molar-refractivity contribution in [2.24, 2.45) is 17.2 Å². The Bertz CT molecular complexity index is 170. The maximum absolute atomic E-state index is 10.4. The number of nitrogens with two attached hydrogens (primary N) is 3. The number of carbonyl (C=O) groups excluding carboxylic acids is 2. The van der Waals surface area contributed by atoms with Crippen molar-refractivity contribution in [3.63, 3.8) is 0 Å². The van der Waals surface area contributed by atoms with Gasteiger partial charge in [-0.1, -0.05) is 0 Å². The van der Waals surface area contributed by atoms with Crippen LogP contribution >= 0.6 is 0 Å². The number of rotatable bonds is 3. The minimum Gasteiger partial charge on any atom is -0.444 e. The Balaban J connectivity index is 3.92. The van der Waals surface area contributed by atoms with Crippen LogP contribution in [-0.2, 0) is 9.53 Å². The van der Waals surface area contributed by atoms with Gasteiger partial charge in [0.05, 0.1) is 0 Å². The van der Waals surface area contributed by atoms with Crippen LogP contribution in [0, 0.1) is 0 Å². The summed E-state index contributed by atoms with van der Waals surface area (Å²) in [6.07, 6.45) is -1.76. The summed E-state index contributed by atoms with van der Waals surface area (Å²) < 4.78 is 4.39. The third-order valence-corrected chi connectivity index (χ3v) is 1.14. The van der Waals surface area contributed by atoms with Crippen LogP contribution in [0.3, 0.4) is 0 Å². The fourth-order valence-corrected chi connectivity index (χ4v) is 0.488. The first kappa shape index (κ1) is 9.70. The van der Waals surface area contributed by atoms with Gasteiger partial charge in [0.15, 0.2) is 0 Å². The summed E-state index contributed by atoms with van der Waals surface area (Å²) in [5.74, 6) is -0.737. The lowest BCUT2D eigenvalue weighted by Gasteiger charge is -2.15. The first-order chi connectivity index (χ1) is 4.95. The van der Waals surface area contributed by atoms with Gasteiger partial charge in [0.1, 0.15) is 12.1 Å². The lowest BCUT2D eigenvalue weighted by Crippen LogP contribution is -2.46. The molecule has 2 amide bonds. The van der Waals surface area contributed by atoms with Gasteiger partial charge in [-0.3, -0.25) is 4.79 Å². The number of primary amides is 2. The van der Waals surface area contributed by atoms with E-state index in [1.807, 2.05) is 0 Å². The summed E-state index contributed by atoms with van der Waals surface area (Å²) in [5, 5.41) is 0. The molecule has 0 bridgehead atoms. The zero-order valence-corrected chi connectivity index (χ0v) is 6.11. The van der Waals surface area contributed by atoms with Crippen molar-refractivity contribution < 1.29 is 14.3 Å². The van der Waals surface area contributed by atoms with Crippen molar-refractivity contribution in [2.75, 3.05) is 0 Å². The minimum atomic E-state index is -1.01. The molecule has 0 fully saturated rings. The summed E-state index contributed by atoms with van der Waals surface area (Å²) in [6.45, 7) is 1.43. The molecule has 0 saturated carbocycles. The zero-order valence-electron chi connectivity index (χ0n) is 6.11. The van der Waals surface area contributed by atoms with E-state index >= 15 is 0 Å². The van der Waals surface area contributed by atoms with Crippen LogP contribution in [-0.4, -0.2) is 24.1 Å². The molecule has 0 aliphatic rings. The van der Waals surface area contributed by atoms with Crippen LogP contribution in [0.4, 0.5) is 4.79 Å². The standard InChI is InChI=1S/C5H11N3O3/c1-2(11-5(8)10)3(6)4(7)9/h2-3H,6H2,1H3,(H2,7,9)(H2,8,10)/t2-,3+/m1/s1. The SMILES string of the molecule is C[C@@H](OC(N)=O)[C@H](N)C(N)=O. The van der Waals surface area contributed by atoms with Gasteiger partial charge in [-0.15, -0.1) is 0 Å². The molecule has 0 aliphatic carbocycles. The van der Waals surface area contributed by atoms with E-state index in [0.29, 0.717) is 0 Å². The van der Waals surface area contributed by atoms with Gasteiger partial charge in [0.25, 0.3) is 0 Å². The predicted octanol–water partition coefficient (Wildman–Crippen LogP) is -1.72. The maximum atomic E-state index is 10.4. The van der Waals surface area contributed by atoms with Crippen LogP contribution in [0.15, 0.2) is 0 Å². The van der Waals surface area contributed by atoms with E-state index in [9.17, 15) is 9.59 Å². The van der Waals surface area contributed by atoms with Gasteiger partial charge in [-0.05, 0) is 6.92 Å². The quantitative estimate of drug-likeness (QED) is 0.455. The molecule has 6 heteroatoms. The van der Waals surface area contributed by atoms with Crippen LogP contribution < -0.4 is 17.2 Å². The molecule has 11 heavy (non-hydrogen) atoms. The van der Waals surface area contributed by atoms with Crippen molar-refractivity contribution in [3.8, 4) is 0 Å². The molecule has 0 heterocycles. The van der Waals surface area contributed by atoms with Crippen molar-refractivity contribution in [1.82, 2.24) is 0 Å². The van der Waals surface area contributed by atoms with E-state index in [-0.39, 0.29) is 0 Å². The van der Waals surface area contributed by atoms with Crippen molar-refractivity contribution in [2.45, 2.75) is 19.1 Å². The molecule has 0 aliphatic heterocycles. The Kier molecular flexibility index (Phi) is 3.32. The lowest BCUT2D eigenvalue weighted by molar-refractivity contribution is -0.121. The first-order valence-electron chi connectivity index (χ1n) is 2.96. The van der Waals surface area contributed by atoms with Gasteiger partial charge < -0.3 is 21.9 Å². The third-order valence-electron chi connectivity index (χ3n) is 1.14. The summed E-state index contributed by atoms with van der Waals surface area (Å²) >= 11 is 0. The highest BCUT2D eigenvalue weighted by atomic mass is 16.6. The second-order valence-corrected chi connectivity index (χ2v) is 2.07. The number of carbonyl (C=O) groups is 2. The van der Waals surface area contributed by atoms with Crippen molar-refractivity contribution in [1.29, 1.82) is 0 Å². The fraction of sp³-hybridized carbons (Fsp3) is 0.600. The predicted molar refractivity (Wildman–Crippen MR) is 37.3 cm³/mol. The summed E-state index contributed by atoms with van der Waals surface area (Å²) in [5.41, 5.74) is 14.7. The normalized spacial score (nSPS) is 15.1. The molecular formula is C5H11N3O3. The number of amides is 2. The highest BCUT2D eigenvalue weighted by Crippen LogP contribution is 1.94. The number of hydrogen-bond donors (Lipinski definition) is 3. The Morgan fingerprint density at radius 2 is 1.82 bits per heavy atom. The van der Waals surface area contributed by atoms with E-state index in [1.165, 1.54) is 6.92 Å². The van der Waals surface area contributed by atoms with E-state index < -0.39 is 24.1 Å². The van der Waals surface area contributed by atoms with E-state index in [1.54, 1.807) is 0 Å². The molecule has 0 aromatic rings. The van der Waals surface area contributed by atoms with Crippen LogP contribution in [0.2, 0.25) is 0 Å². The largest absolute Gasteiger partial charge is 0.444 e. The molecule has 6 nitrogen and oxygen atoms in total. The van der Waals surface area contributed by atoms with Crippen LogP contribution in [0.1, 0.15) is 6.92 Å². The topological polar surface area (TPSA) is 121 Å². The second-order valence-electron chi connectivity index (χ2n) is 2.07. The van der Waals surface area contributed by atoms with Crippen molar-refractivity contribution in [3.05, 3.63) is 0 Å². The van der Waals surface area contributed by atoms with Gasteiger partial charge in [0, 0.05) is 0 Å². The van der Waals surface area contributed by atoms with Gasteiger partial charge >= 0.3 is 6.09 Å². The van der Waals surface area contributed by atoms with Gasteiger partial charge in [-0.2, -0.15) is 0 Å². The smallest absolute Gasteiger partial charge is 0.404 e. The van der Waals surface area contributed by atoms with E-state index in [0.717, 1.165) is 0 Å². The molecule has 0 saturated heterocycles. The molecule has 0 aromatic heterocycles. The lowest BCUT2D eigenvalue weighted by atomic mass is 10.2. The fourth-order valence-electron chi connectivity index (χ4n) is 0.488. The highest BCUT2D eigenvalue weighted by molar-refractivity contribution is 5.80. The number of hydrogen-bond acceptors (Lipinski definition) is 4. The molecule has 0 radical (unpaired) electrons. The highest BCUT2D eigenvalue weighted by Gasteiger charge is 2.20. The molecule has 0 unspecified atom stereocenters. The minimum absolute atomic E-state index is 0.737. The van der Waals surface area contributed by atoms with E-state index in [2.05, 4.69) is 10.5 Å². The van der Waals surface area contributed by atoms with Crippen molar-refractivity contribution >= 4 is 12.0 Å². The first-order valence-corrected chi connectivity index (χ1v) is 2.96. The molecule has 64 valence electrons.